The second-order valence-corrected chi connectivity index (χ2v) is 10.2. The molecule has 0 bridgehead atoms. The summed E-state index contributed by atoms with van der Waals surface area (Å²) in [5, 5.41) is 13.5. The van der Waals surface area contributed by atoms with E-state index < -0.39 is 29.3 Å². The lowest BCUT2D eigenvalue weighted by Crippen LogP contribution is -2.49. The molecule has 1 fully saturated rings. The number of nitrogens with zero attached hydrogens (tertiary/aromatic N) is 1. The average molecular weight is 465 g/mol. The van der Waals surface area contributed by atoms with E-state index in [0.717, 1.165) is 4.90 Å². The molecule has 0 unspecified atom stereocenters. The van der Waals surface area contributed by atoms with E-state index in [2.05, 4.69) is 26.1 Å². The third kappa shape index (κ3) is 3.32. The Balaban J connectivity index is 2.02. The number of imide groups is 1. The van der Waals surface area contributed by atoms with Gasteiger partial charge in [0, 0.05) is 17.1 Å². The Hall–Kier alpha value is -2.15. The van der Waals surface area contributed by atoms with E-state index >= 15 is 4.39 Å². The van der Waals surface area contributed by atoms with Crippen molar-refractivity contribution >= 4 is 40.9 Å². The first kappa shape index (κ1) is 22.1. The zero-order valence-electron chi connectivity index (χ0n) is 17.4. The number of fused-ring (bicyclic) bond motifs is 2. The van der Waals surface area contributed by atoms with Gasteiger partial charge in [-0.2, -0.15) is 0 Å². The first-order chi connectivity index (χ1) is 14.5. The molecule has 8 heteroatoms. The van der Waals surface area contributed by atoms with Crippen molar-refractivity contribution in [1.29, 1.82) is 0 Å². The molecule has 2 heterocycles. The molecule has 2 aliphatic heterocycles. The number of carboxylic acid groups (broad SMARTS) is 1. The summed E-state index contributed by atoms with van der Waals surface area (Å²) >= 11 is 12.2. The van der Waals surface area contributed by atoms with Gasteiger partial charge >= 0.3 is 6.09 Å². The Labute approximate surface area is 190 Å². The van der Waals surface area contributed by atoms with Crippen molar-refractivity contribution in [3.63, 3.8) is 0 Å². The number of anilines is 1. The van der Waals surface area contributed by atoms with Crippen molar-refractivity contribution in [2.75, 3.05) is 11.4 Å². The van der Waals surface area contributed by atoms with Crippen molar-refractivity contribution in [1.82, 2.24) is 5.32 Å². The highest BCUT2D eigenvalue weighted by atomic mass is 35.5. The molecule has 2 aromatic rings. The minimum absolute atomic E-state index is 0.0504. The van der Waals surface area contributed by atoms with Gasteiger partial charge in [-0.1, -0.05) is 62.2 Å². The van der Waals surface area contributed by atoms with Crippen molar-refractivity contribution in [2.24, 2.45) is 11.3 Å². The van der Waals surface area contributed by atoms with Crippen LogP contribution < -0.4 is 10.2 Å². The van der Waals surface area contributed by atoms with Gasteiger partial charge in [-0.3, -0.25) is 4.79 Å². The number of amides is 2. The molecule has 0 aliphatic carbocycles. The molecule has 1 spiro atoms. The highest BCUT2D eigenvalue weighted by molar-refractivity contribution is 6.32. The number of halogens is 3. The summed E-state index contributed by atoms with van der Waals surface area (Å²) in [6, 6.07) is 8.69. The van der Waals surface area contributed by atoms with Crippen LogP contribution in [-0.4, -0.2) is 23.7 Å². The molecule has 2 amide bonds. The highest BCUT2D eigenvalue weighted by Gasteiger charge is 2.65. The fourth-order valence-electron chi connectivity index (χ4n) is 5.20. The smallest absolute Gasteiger partial charge is 0.418 e. The van der Waals surface area contributed by atoms with E-state index in [1.165, 1.54) is 12.1 Å². The number of carbonyl (C=O) groups excluding carboxylic acids is 1. The lowest BCUT2D eigenvalue weighted by molar-refractivity contribution is -0.124. The zero-order chi connectivity index (χ0) is 22.7. The summed E-state index contributed by atoms with van der Waals surface area (Å²) in [7, 11) is 0. The normalized spacial score (nSPS) is 25.4. The lowest BCUT2D eigenvalue weighted by Gasteiger charge is -2.37. The largest absolute Gasteiger partial charge is 0.464 e. The van der Waals surface area contributed by atoms with Crippen LogP contribution in [0.1, 0.15) is 44.4 Å². The van der Waals surface area contributed by atoms with Gasteiger partial charge in [0.15, 0.2) is 0 Å². The molecule has 2 aliphatic rings. The molecule has 1 saturated heterocycles. The van der Waals surface area contributed by atoms with Gasteiger partial charge in [0.1, 0.15) is 11.2 Å². The van der Waals surface area contributed by atoms with E-state index in [1.54, 1.807) is 24.3 Å². The molecule has 164 valence electrons. The molecule has 2 N–H and O–H groups in total. The SMILES string of the molecule is CC(C)(C)C[C@@H]1CN[C@H](c2cccc(Cl)c2F)[C@]12C(=O)N(C(=O)O)c1cc(Cl)ccc12. The molecule has 3 atom stereocenters. The van der Waals surface area contributed by atoms with Crippen LogP contribution in [0.25, 0.3) is 0 Å². The lowest BCUT2D eigenvalue weighted by atomic mass is 9.63. The standard InChI is InChI=1S/C23H23Cl2FN2O3/c1-22(2,3)10-12-11-27-19(14-5-4-6-16(25)18(14)26)23(12)15-8-7-13(24)9-17(15)28(20(23)29)21(30)31/h4-9,12,19,27H,10-11H2,1-3H3,(H,30,31)/t12-,19-,23+/m1/s1. The van der Waals surface area contributed by atoms with Crippen molar-refractivity contribution in [3.8, 4) is 0 Å². The molecule has 0 radical (unpaired) electrons. The summed E-state index contributed by atoms with van der Waals surface area (Å²) < 4.78 is 15.1. The number of carbonyl (C=O) groups is 2. The second-order valence-electron chi connectivity index (χ2n) is 9.40. The van der Waals surface area contributed by atoms with Gasteiger partial charge in [-0.15, -0.1) is 0 Å². The maximum absolute atomic E-state index is 15.1. The van der Waals surface area contributed by atoms with Gasteiger partial charge in [0.2, 0.25) is 5.91 Å². The van der Waals surface area contributed by atoms with Crippen LogP contribution >= 0.6 is 23.2 Å². The van der Waals surface area contributed by atoms with Crippen LogP contribution in [0.3, 0.4) is 0 Å². The van der Waals surface area contributed by atoms with Crippen LogP contribution in [0.4, 0.5) is 14.9 Å². The molecule has 0 aromatic heterocycles. The zero-order valence-corrected chi connectivity index (χ0v) is 18.9. The Morgan fingerprint density at radius 1 is 1.29 bits per heavy atom. The third-order valence-electron chi connectivity index (χ3n) is 6.21. The number of hydrogen-bond acceptors (Lipinski definition) is 3. The molecule has 0 saturated carbocycles. The average Bonchev–Trinajstić information content (AvgIpc) is 3.13. The van der Waals surface area contributed by atoms with E-state index in [0.29, 0.717) is 23.6 Å². The van der Waals surface area contributed by atoms with Crippen molar-refractivity contribution in [2.45, 2.75) is 38.6 Å². The molecule has 2 aromatic carbocycles. The fourth-order valence-corrected chi connectivity index (χ4v) is 5.55. The van der Waals surface area contributed by atoms with E-state index in [-0.39, 0.29) is 27.6 Å². The van der Waals surface area contributed by atoms with E-state index in [4.69, 9.17) is 23.2 Å². The van der Waals surface area contributed by atoms with Gasteiger partial charge in [-0.05, 0) is 41.5 Å². The molecular weight excluding hydrogens is 442 g/mol. The Bertz CT molecular complexity index is 1080. The van der Waals surface area contributed by atoms with Gasteiger partial charge in [-0.25, -0.2) is 14.1 Å². The minimum atomic E-state index is -1.39. The van der Waals surface area contributed by atoms with Crippen LogP contribution in [0, 0.1) is 17.2 Å². The Morgan fingerprint density at radius 2 is 2.00 bits per heavy atom. The molecule has 31 heavy (non-hydrogen) atoms. The first-order valence-electron chi connectivity index (χ1n) is 10.0. The summed E-state index contributed by atoms with van der Waals surface area (Å²) in [4.78, 5) is 26.8. The Kier molecular flexibility index (Phi) is 5.31. The van der Waals surface area contributed by atoms with Crippen molar-refractivity contribution < 1.29 is 19.1 Å². The second kappa shape index (κ2) is 7.47. The molecule has 5 nitrogen and oxygen atoms in total. The summed E-state index contributed by atoms with van der Waals surface area (Å²) in [5.41, 5.74) is -0.458. The molecular formula is C23H23Cl2FN2O3. The van der Waals surface area contributed by atoms with Crippen LogP contribution in [-0.2, 0) is 10.2 Å². The van der Waals surface area contributed by atoms with Crippen molar-refractivity contribution in [3.05, 3.63) is 63.4 Å². The monoisotopic (exact) mass is 464 g/mol. The maximum atomic E-state index is 15.1. The quantitative estimate of drug-likeness (QED) is 0.589. The third-order valence-corrected chi connectivity index (χ3v) is 6.74. The first-order valence-corrected chi connectivity index (χ1v) is 10.8. The molecule has 4 rings (SSSR count). The van der Waals surface area contributed by atoms with Crippen LogP contribution in [0.15, 0.2) is 36.4 Å². The number of nitrogens with one attached hydrogen (secondary N) is 1. The number of hydrogen-bond donors (Lipinski definition) is 2. The maximum Gasteiger partial charge on any atom is 0.418 e. The predicted octanol–water partition coefficient (Wildman–Crippen LogP) is 5.79. The van der Waals surface area contributed by atoms with E-state index in [9.17, 15) is 14.7 Å². The number of rotatable bonds is 2. The van der Waals surface area contributed by atoms with Crippen LogP contribution in [0.5, 0.6) is 0 Å². The van der Waals surface area contributed by atoms with Gasteiger partial charge in [0.05, 0.1) is 16.8 Å². The highest BCUT2D eigenvalue weighted by Crippen LogP contribution is 2.58. The number of benzene rings is 2. The topological polar surface area (TPSA) is 69.6 Å². The Morgan fingerprint density at radius 3 is 2.65 bits per heavy atom. The van der Waals surface area contributed by atoms with E-state index in [1.807, 2.05) is 0 Å². The predicted molar refractivity (Wildman–Crippen MR) is 118 cm³/mol. The van der Waals surface area contributed by atoms with Crippen LogP contribution in [0.2, 0.25) is 10.0 Å². The summed E-state index contributed by atoms with van der Waals surface area (Å²) in [5.74, 6) is -1.48. The summed E-state index contributed by atoms with van der Waals surface area (Å²) in [6.45, 7) is 6.61. The summed E-state index contributed by atoms with van der Waals surface area (Å²) in [6.07, 6.45) is -0.767. The minimum Gasteiger partial charge on any atom is -0.464 e. The van der Waals surface area contributed by atoms with Gasteiger partial charge in [0.25, 0.3) is 0 Å². The van der Waals surface area contributed by atoms with Gasteiger partial charge < -0.3 is 10.4 Å². The fraction of sp³-hybridized carbons (Fsp3) is 0.391.